The number of carbonyl (C=O) groups is 1. The number of allylic oxidation sites excluding steroid dienone is 1. The van der Waals surface area contributed by atoms with Crippen LogP contribution in [0.4, 0.5) is 0 Å². The molecule has 14 heavy (non-hydrogen) atoms. The van der Waals surface area contributed by atoms with Gasteiger partial charge in [-0.25, -0.2) is 4.79 Å². The summed E-state index contributed by atoms with van der Waals surface area (Å²) in [5.41, 5.74) is 0.760. The third-order valence-electron chi connectivity index (χ3n) is 1.39. The quantitative estimate of drug-likeness (QED) is 0.286. The number of carbonyl (C=O) groups excluding carboxylic acids is 1. The smallest absolute Gasteiger partial charge is 0.332 e. The molecule has 0 fully saturated rings. The van der Waals surface area contributed by atoms with Crippen LogP contribution >= 0.6 is 0 Å². The van der Waals surface area contributed by atoms with Crippen LogP contribution in [0.1, 0.15) is 6.92 Å². The van der Waals surface area contributed by atoms with Crippen molar-refractivity contribution in [3.8, 4) is 0 Å². The lowest BCUT2D eigenvalue weighted by Crippen LogP contribution is -2.18. The lowest BCUT2D eigenvalue weighted by Gasteiger charge is -2.05. The Morgan fingerprint density at radius 3 is 2.86 bits per heavy atom. The molecular weight excluding hydrogens is 182 g/mol. The Bertz CT molecular complexity index is 211. The minimum absolute atomic E-state index is 0.237. The van der Waals surface area contributed by atoms with Gasteiger partial charge < -0.3 is 14.8 Å². The topological polar surface area (TPSA) is 47.6 Å². The largest absolute Gasteiger partial charge is 0.458 e. The molecule has 1 N–H and O–H groups in total. The minimum atomic E-state index is -0.368. The van der Waals surface area contributed by atoms with Crippen molar-refractivity contribution in [1.29, 1.82) is 0 Å². The van der Waals surface area contributed by atoms with Gasteiger partial charge in [-0.1, -0.05) is 12.7 Å². The van der Waals surface area contributed by atoms with Gasteiger partial charge in [-0.3, -0.25) is 0 Å². The number of ether oxygens (including phenoxy) is 2. The van der Waals surface area contributed by atoms with Gasteiger partial charge in [0, 0.05) is 25.4 Å². The van der Waals surface area contributed by atoms with Gasteiger partial charge in [-0.2, -0.15) is 0 Å². The molecule has 0 radical (unpaired) electrons. The summed E-state index contributed by atoms with van der Waals surface area (Å²) in [7, 11) is 1.62. The minimum Gasteiger partial charge on any atom is -0.458 e. The maximum atomic E-state index is 11.0. The van der Waals surface area contributed by atoms with Crippen molar-refractivity contribution in [2.75, 3.05) is 26.9 Å². The summed E-state index contributed by atoms with van der Waals surface area (Å²) in [6, 6.07) is 0. The predicted molar refractivity (Wildman–Crippen MR) is 54.8 cm³/mol. The van der Waals surface area contributed by atoms with E-state index >= 15 is 0 Å². The number of nitrogens with one attached hydrogen (secondary N) is 1. The monoisotopic (exact) mass is 199 g/mol. The van der Waals surface area contributed by atoms with Gasteiger partial charge in [0.2, 0.25) is 0 Å². The number of methoxy groups -OCH3 is 1. The molecule has 0 amide bonds. The Balaban J connectivity index is 3.72. The van der Waals surface area contributed by atoms with E-state index in [2.05, 4.69) is 11.9 Å². The van der Waals surface area contributed by atoms with E-state index in [1.807, 2.05) is 0 Å². The highest BCUT2D eigenvalue weighted by molar-refractivity contribution is 5.82. The number of hydrogen-bond acceptors (Lipinski definition) is 4. The third-order valence-corrected chi connectivity index (χ3v) is 1.39. The molecule has 80 valence electrons. The Kier molecular flexibility index (Phi) is 7.55. The summed E-state index contributed by atoms with van der Waals surface area (Å²) in [5.74, 6) is -0.368. The van der Waals surface area contributed by atoms with Gasteiger partial charge in [0.25, 0.3) is 0 Å². The zero-order chi connectivity index (χ0) is 10.8. The third kappa shape index (κ3) is 7.36. The molecule has 0 aromatic heterocycles. The molecule has 0 aliphatic rings. The van der Waals surface area contributed by atoms with Gasteiger partial charge >= 0.3 is 5.97 Å². The maximum absolute atomic E-state index is 11.0. The van der Waals surface area contributed by atoms with Crippen LogP contribution in [0.2, 0.25) is 0 Å². The second-order valence-electron chi connectivity index (χ2n) is 2.67. The van der Waals surface area contributed by atoms with E-state index in [4.69, 9.17) is 9.47 Å². The molecule has 0 aromatic rings. The molecule has 0 saturated heterocycles. The fourth-order valence-corrected chi connectivity index (χ4v) is 0.761. The standard InChI is InChI=1S/C10H17NO3/c1-4-6-14-10(12)8-9(2)11-5-7-13-3/h4,8,11H,1,5-7H2,2-3H3/b9-8-. The zero-order valence-electron chi connectivity index (χ0n) is 8.71. The van der Waals surface area contributed by atoms with Crippen LogP contribution in [0, 0.1) is 0 Å². The molecule has 0 rings (SSSR count). The summed E-state index contributed by atoms with van der Waals surface area (Å²) >= 11 is 0. The number of esters is 1. The molecule has 4 heteroatoms. The summed E-state index contributed by atoms with van der Waals surface area (Å²) in [6.45, 7) is 6.75. The normalized spacial score (nSPS) is 10.9. The van der Waals surface area contributed by atoms with Crippen LogP contribution in [0.25, 0.3) is 0 Å². The second kappa shape index (κ2) is 8.31. The fourth-order valence-electron chi connectivity index (χ4n) is 0.761. The van der Waals surface area contributed by atoms with Crippen molar-refractivity contribution in [2.45, 2.75) is 6.92 Å². The maximum Gasteiger partial charge on any atom is 0.332 e. The summed E-state index contributed by atoms with van der Waals surface area (Å²) in [4.78, 5) is 11.0. The molecule has 0 aromatic carbocycles. The molecule has 0 heterocycles. The first-order valence-electron chi connectivity index (χ1n) is 4.39. The van der Waals surface area contributed by atoms with E-state index in [1.54, 1.807) is 14.0 Å². The number of rotatable bonds is 7. The van der Waals surface area contributed by atoms with Crippen LogP contribution in [0.15, 0.2) is 24.4 Å². The average molecular weight is 199 g/mol. The Morgan fingerprint density at radius 2 is 2.29 bits per heavy atom. The molecule has 0 bridgehead atoms. The van der Waals surface area contributed by atoms with Crippen LogP contribution in [-0.2, 0) is 14.3 Å². The summed E-state index contributed by atoms with van der Waals surface area (Å²) < 4.78 is 9.61. The molecule has 0 unspecified atom stereocenters. The average Bonchev–Trinajstić information content (AvgIpc) is 2.15. The van der Waals surface area contributed by atoms with E-state index < -0.39 is 0 Å². The van der Waals surface area contributed by atoms with Gasteiger partial charge in [-0.05, 0) is 6.92 Å². The van der Waals surface area contributed by atoms with Crippen molar-refractivity contribution in [3.05, 3.63) is 24.4 Å². The second-order valence-corrected chi connectivity index (χ2v) is 2.67. The van der Waals surface area contributed by atoms with Crippen LogP contribution in [0.3, 0.4) is 0 Å². The highest BCUT2D eigenvalue weighted by Gasteiger charge is 1.97. The van der Waals surface area contributed by atoms with Crippen LogP contribution < -0.4 is 5.32 Å². The van der Waals surface area contributed by atoms with Crippen molar-refractivity contribution in [2.24, 2.45) is 0 Å². The molecular formula is C10H17NO3. The Hall–Kier alpha value is -1.29. The first-order valence-corrected chi connectivity index (χ1v) is 4.39. The molecule has 0 atom stereocenters. The van der Waals surface area contributed by atoms with Gasteiger partial charge in [0.15, 0.2) is 0 Å². The SMILES string of the molecule is C=CCOC(=O)/C=C(/C)NCCOC. The zero-order valence-corrected chi connectivity index (χ0v) is 8.71. The van der Waals surface area contributed by atoms with Gasteiger partial charge in [0.05, 0.1) is 6.61 Å². The van der Waals surface area contributed by atoms with E-state index in [0.717, 1.165) is 5.70 Å². The summed E-state index contributed by atoms with van der Waals surface area (Å²) in [6.07, 6.45) is 2.93. The lowest BCUT2D eigenvalue weighted by molar-refractivity contribution is -0.136. The van der Waals surface area contributed by atoms with Crippen molar-refractivity contribution in [3.63, 3.8) is 0 Å². The first-order chi connectivity index (χ1) is 6.70. The van der Waals surface area contributed by atoms with Crippen molar-refractivity contribution >= 4 is 5.97 Å². The van der Waals surface area contributed by atoms with Crippen LogP contribution in [0.5, 0.6) is 0 Å². The highest BCUT2D eigenvalue weighted by atomic mass is 16.5. The molecule has 0 saturated carbocycles. The fraction of sp³-hybridized carbons (Fsp3) is 0.500. The molecule has 4 nitrogen and oxygen atoms in total. The lowest BCUT2D eigenvalue weighted by atomic mass is 10.4. The summed E-state index contributed by atoms with van der Waals surface area (Å²) in [5, 5.41) is 3.00. The van der Waals surface area contributed by atoms with E-state index in [9.17, 15) is 4.79 Å². The van der Waals surface area contributed by atoms with E-state index in [1.165, 1.54) is 12.2 Å². The van der Waals surface area contributed by atoms with E-state index in [0.29, 0.717) is 13.2 Å². The molecule has 0 aliphatic heterocycles. The van der Waals surface area contributed by atoms with Crippen molar-refractivity contribution < 1.29 is 14.3 Å². The van der Waals surface area contributed by atoms with Gasteiger partial charge in [0.1, 0.15) is 6.61 Å². The van der Waals surface area contributed by atoms with Gasteiger partial charge in [-0.15, -0.1) is 0 Å². The molecule has 0 spiro atoms. The van der Waals surface area contributed by atoms with E-state index in [-0.39, 0.29) is 12.6 Å². The molecule has 0 aliphatic carbocycles. The van der Waals surface area contributed by atoms with Crippen LogP contribution in [-0.4, -0.2) is 32.8 Å². The Morgan fingerprint density at radius 1 is 1.57 bits per heavy atom. The predicted octanol–water partition coefficient (Wildman–Crippen LogP) is 0.855. The first kappa shape index (κ1) is 12.7. The Labute approximate surface area is 84.6 Å². The number of hydrogen-bond donors (Lipinski definition) is 1. The highest BCUT2D eigenvalue weighted by Crippen LogP contribution is 1.89. The van der Waals surface area contributed by atoms with Crippen molar-refractivity contribution in [1.82, 2.24) is 5.32 Å².